The molecule has 0 bridgehead atoms. The van der Waals surface area contributed by atoms with Crippen LogP contribution in [0.2, 0.25) is 0 Å². The van der Waals surface area contributed by atoms with Gasteiger partial charge in [-0.15, -0.1) is 0 Å². The van der Waals surface area contributed by atoms with E-state index in [4.69, 9.17) is 4.74 Å². The summed E-state index contributed by atoms with van der Waals surface area (Å²) in [5, 5.41) is 13.7. The van der Waals surface area contributed by atoms with Crippen molar-refractivity contribution in [1.29, 1.82) is 0 Å². The lowest BCUT2D eigenvalue weighted by Gasteiger charge is -2.16. The third-order valence-electron chi connectivity index (χ3n) is 3.08. The number of nitrogens with zero attached hydrogens (tertiary/aromatic N) is 1. The normalized spacial score (nSPS) is 19.1. The molecule has 1 saturated heterocycles. The van der Waals surface area contributed by atoms with Gasteiger partial charge >= 0.3 is 6.18 Å². The van der Waals surface area contributed by atoms with Crippen LogP contribution < -0.4 is 10.1 Å². The van der Waals surface area contributed by atoms with Gasteiger partial charge in [0.15, 0.2) is 0 Å². The van der Waals surface area contributed by atoms with Crippen molar-refractivity contribution >= 4 is 5.69 Å². The molecule has 8 heteroatoms. The van der Waals surface area contributed by atoms with Crippen LogP contribution in [0.5, 0.6) is 5.75 Å². The van der Waals surface area contributed by atoms with Crippen molar-refractivity contribution in [3.05, 3.63) is 33.9 Å². The van der Waals surface area contributed by atoms with Crippen molar-refractivity contribution < 1.29 is 22.8 Å². The zero-order valence-electron chi connectivity index (χ0n) is 10.4. The molecular weight excluding hydrogens is 277 g/mol. The maximum atomic E-state index is 12.8. The molecule has 5 nitrogen and oxygen atoms in total. The molecule has 0 amide bonds. The Labute approximate surface area is 112 Å². The van der Waals surface area contributed by atoms with E-state index in [1.165, 1.54) is 0 Å². The van der Waals surface area contributed by atoms with E-state index in [2.05, 4.69) is 5.32 Å². The van der Waals surface area contributed by atoms with E-state index >= 15 is 0 Å². The Morgan fingerprint density at radius 2 is 2.20 bits per heavy atom. The first-order chi connectivity index (χ1) is 9.38. The highest BCUT2D eigenvalue weighted by Crippen LogP contribution is 2.38. The number of ether oxygens (including phenoxy) is 1. The van der Waals surface area contributed by atoms with Gasteiger partial charge in [-0.2, -0.15) is 13.2 Å². The van der Waals surface area contributed by atoms with Crippen LogP contribution in [0.15, 0.2) is 18.2 Å². The van der Waals surface area contributed by atoms with E-state index in [0.717, 1.165) is 31.5 Å². The highest BCUT2D eigenvalue weighted by atomic mass is 19.4. The largest absolute Gasteiger partial charge is 0.491 e. The molecule has 1 aliphatic rings. The number of nitro groups is 1. The maximum absolute atomic E-state index is 12.8. The van der Waals surface area contributed by atoms with Gasteiger partial charge in [0, 0.05) is 12.1 Å². The van der Waals surface area contributed by atoms with E-state index in [0.29, 0.717) is 6.07 Å². The molecular formula is C12H13F3N2O3. The number of halogens is 3. The van der Waals surface area contributed by atoms with E-state index in [9.17, 15) is 23.3 Å². The van der Waals surface area contributed by atoms with Crippen LogP contribution in [-0.2, 0) is 6.18 Å². The fraction of sp³-hybridized carbons (Fsp3) is 0.500. The van der Waals surface area contributed by atoms with Gasteiger partial charge in [-0.3, -0.25) is 10.1 Å². The summed E-state index contributed by atoms with van der Waals surface area (Å²) >= 11 is 0. The van der Waals surface area contributed by atoms with Gasteiger partial charge in [0.25, 0.3) is 5.69 Å². The topological polar surface area (TPSA) is 64.4 Å². The summed E-state index contributed by atoms with van der Waals surface area (Å²) in [7, 11) is 0. The second-order valence-electron chi connectivity index (χ2n) is 4.54. The SMILES string of the molecule is O=[N+]([O-])c1ccc(C(F)(F)F)c(OC[C@H]2CCCN2)c1. The average molecular weight is 290 g/mol. The van der Waals surface area contributed by atoms with Crippen LogP contribution in [-0.4, -0.2) is 24.1 Å². The number of hydrogen-bond acceptors (Lipinski definition) is 4. The minimum atomic E-state index is -4.60. The minimum Gasteiger partial charge on any atom is -0.491 e. The first kappa shape index (κ1) is 14.6. The van der Waals surface area contributed by atoms with Crippen molar-refractivity contribution in [3.63, 3.8) is 0 Å². The number of nitro benzene ring substituents is 1. The molecule has 1 fully saturated rings. The van der Waals surface area contributed by atoms with Crippen LogP contribution in [0.1, 0.15) is 18.4 Å². The van der Waals surface area contributed by atoms with Gasteiger partial charge in [-0.1, -0.05) is 0 Å². The summed E-state index contributed by atoms with van der Waals surface area (Å²) in [6.45, 7) is 0.860. The molecule has 1 atom stereocenters. The third-order valence-corrected chi connectivity index (χ3v) is 3.08. The van der Waals surface area contributed by atoms with Crippen molar-refractivity contribution in [3.8, 4) is 5.75 Å². The molecule has 0 aliphatic carbocycles. The summed E-state index contributed by atoms with van der Waals surface area (Å²) in [6.07, 6.45) is -2.85. The molecule has 1 aromatic carbocycles. The number of hydrogen-bond donors (Lipinski definition) is 1. The Balaban J connectivity index is 2.21. The quantitative estimate of drug-likeness (QED) is 0.684. The van der Waals surface area contributed by atoms with Gasteiger partial charge in [0.05, 0.1) is 16.6 Å². The number of nitrogens with one attached hydrogen (secondary N) is 1. The molecule has 0 saturated carbocycles. The van der Waals surface area contributed by atoms with Crippen LogP contribution in [0, 0.1) is 10.1 Å². The average Bonchev–Trinajstić information content (AvgIpc) is 2.87. The number of alkyl halides is 3. The Morgan fingerprint density at radius 3 is 2.75 bits per heavy atom. The van der Waals surface area contributed by atoms with Crippen LogP contribution >= 0.6 is 0 Å². The fourth-order valence-electron chi connectivity index (χ4n) is 2.07. The molecule has 1 aromatic rings. The lowest BCUT2D eigenvalue weighted by molar-refractivity contribution is -0.385. The number of benzene rings is 1. The van der Waals surface area contributed by atoms with E-state index in [1.807, 2.05) is 0 Å². The van der Waals surface area contributed by atoms with Crippen LogP contribution in [0.3, 0.4) is 0 Å². The molecule has 1 aliphatic heterocycles. The van der Waals surface area contributed by atoms with E-state index < -0.39 is 28.1 Å². The monoisotopic (exact) mass is 290 g/mol. The van der Waals surface area contributed by atoms with Gasteiger partial charge in [0.1, 0.15) is 12.4 Å². The third kappa shape index (κ3) is 3.38. The van der Waals surface area contributed by atoms with Crippen molar-refractivity contribution in [2.75, 3.05) is 13.2 Å². The van der Waals surface area contributed by atoms with Crippen LogP contribution in [0.4, 0.5) is 18.9 Å². The Hall–Kier alpha value is -1.83. The Morgan fingerprint density at radius 1 is 1.45 bits per heavy atom. The maximum Gasteiger partial charge on any atom is 0.419 e. The lowest BCUT2D eigenvalue weighted by Crippen LogP contribution is -2.28. The first-order valence-corrected chi connectivity index (χ1v) is 6.10. The second kappa shape index (κ2) is 5.66. The summed E-state index contributed by atoms with van der Waals surface area (Å²) in [5.41, 5.74) is -1.42. The van der Waals surface area contributed by atoms with E-state index in [-0.39, 0.29) is 12.6 Å². The summed E-state index contributed by atoms with van der Waals surface area (Å²) < 4.78 is 43.6. The van der Waals surface area contributed by atoms with E-state index in [1.54, 1.807) is 0 Å². The van der Waals surface area contributed by atoms with Crippen LogP contribution in [0.25, 0.3) is 0 Å². The molecule has 110 valence electrons. The predicted molar refractivity (Wildman–Crippen MR) is 64.6 cm³/mol. The number of non-ortho nitro benzene ring substituents is 1. The number of rotatable bonds is 4. The Kier molecular flexibility index (Phi) is 4.12. The Bertz CT molecular complexity index is 499. The molecule has 0 radical (unpaired) electrons. The summed E-state index contributed by atoms with van der Waals surface area (Å²) in [6, 6.07) is 2.30. The highest BCUT2D eigenvalue weighted by Gasteiger charge is 2.35. The second-order valence-corrected chi connectivity index (χ2v) is 4.54. The molecule has 0 spiro atoms. The zero-order chi connectivity index (χ0) is 14.8. The highest BCUT2D eigenvalue weighted by molar-refractivity contribution is 5.45. The first-order valence-electron chi connectivity index (χ1n) is 6.10. The predicted octanol–water partition coefficient (Wildman–Crippen LogP) is 2.74. The summed E-state index contributed by atoms with van der Waals surface area (Å²) in [5.74, 6) is -0.500. The molecule has 20 heavy (non-hydrogen) atoms. The van der Waals surface area contributed by atoms with Crippen molar-refractivity contribution in [1.82, 2.24) is 5.32 Å². The van der Waals surface area contributed by atoms with Crippen molar-refractivity contribution in [2.24, 2.45) is 0 Å². The van der Waals surface area contributed by atoms with Gasteiger partial charge in [-0.05, 0) is 25.5 Å². The minimum absolute atomic E-state index is 0.0182. The van der Waals surface area contributed by atoms with Gasteiger partial charge in [-0.25, -0.2) is 0 Å². The molecule has 0 aromatic heterocycles. The van der Waals surface area contributed by atoms with Gasteiger partial charge < -0.3 is 10.1 Å². The van der Waals surface area contributed by atoms with Crippen molar-refractivity contribution in [2.45, 2.75) is 25.1 Å². The summed E-state index contributed by atoms with van der Waals surface area (Å²) in [4.78, 5) is 9.88. The fourth-order valence-corrected chi connectivity index (χ4v) is 2.07. The smallest absolute Gasteiger partial charge is 0.419 e. The molecule has 2 rings (SSSR count). The molecule has 1 heterocycles. The lowest BCUT2D eigenvalue weighted by atomic mass is 10.1. The standard InChI is InChI=1S/C12H13F3N2O3/c13-12(14,15)10-4-3-9(17(18)19)6-11(10)20-7-8-2-1-5-16-8/h3-4,6,8,16H,1-2,5,7H2/t8-/m1/s1. The zero-order valence-corrected chi connectivity index (χ0v) is 10.4. The van der Waals surface area contributed by atoms with Gasteiger partial charge in [0.2, 0.25) is 0 Å². The molecule has 0 unspecified atom stereocenters. The molecule has 1 N–H and O–H groups in total.